The molecular weight excluding hydrogens is 432 g/mol. The number of benzene rings is 2. The van der Waals surface area contributed by atoms with Gasteiger partial charge in [0, 0.05) is 20.1 Å². The van der Waals surface area contributed by atoms with Crippen molar-refractivity contribution in [2.24, 2.45) is 0 Å². The molecule has 0 saturated carbocycles. The van der Waals surface area contributed by atoms with Crippen molar-refractivity contribution in [3.63, 3.8) is 0 Å². The Bertz CT molecular complexity index is 940. The molecule has 176 valence electrons. The molecule has 0 bridgehead atoms. The number of aromatic hydroxyl groups is 1. The van der Waals surface area contributed by atoms with Crippen LogP contribution in [0.5, 0.6) is 11.5 Å². The van der Waals surface area contributed by atoms with E-state index in [1.54, 1.807) is 6.07 Å². The van der Waals surface area contributed by atoms with Gasteiger partial charge in [-0.05, 0) is 72.2 Å². The number of carbonyl (C=O) groups is 1. The third kappa shape index (κ3) is 7.90. The molecule has 9 heteroatoms. The number of amides is 1. The maximum Gasteiger partial charge on any atom is 0.319 e. The summed E-state index contributed by atoms with van der Waals surface area (Å²) in [7, 11) is 1.49. The highest BCUT2D eigenvalue weighted by Gasteiger charge is 2.12. The lowest BCUT2D eigenvalue weighted by molar-refractivity contribution is -0.123. The van der Waals surface area contributed by atoms with E-state index in [1.807, 2.05) is 38.1 Å². The smallest absolute Gasteiger partial charge is 0.319 e. The fourth-order valence-electron chi connectivity index (χ4n) is 3.40. The van der Waals surface area contributed by atoms with Crippen LogP contribution >= 0.6 is 0 Å². The third-order valence-corrected chi connectivity index (χ3v) is 5.46. The SMILES string of the molecule is Cc1cc(OCC(=O)NCCN(C)OS(=O)O)cc(C)c1Cc1ccc(O)c(C(C)C)c1. The monoisotopic (exact) mass is 464 g/mol. The summed E-state index contributed by atoms with van der Waals surface area (Å²) < 4.78 is 29.3. The van der Waals surface area contributed by atoms with Gasteiger partial charge >= 0.3 is 11.4 Å². The van der Waals surface area contributed by atoms with Crippen molar-refractivity contribution >= 4 is 17.3 Å². The number of hydrogen-bond acceptors (Lipinski definition) is 6. The molecule has 2 rings (SSSR count). The summed E-state index contributed by atoms with van der Waals surface area (Å²) >= 11 is -2.39. The number of phenols is 1. The first-order valence-electron chi connectivity index (χ1n) is 10.4. The van der Waals surface area contributed by atoms with E-state index in [0.29, 0.717) is 11.5 Å². The normalized spacial score (nSPS) is 12.2. The number of ether oxygens (including phenoxy) is 1. The van der Waals surface area contributed by atoms with Gasteiger partial charge in [0.05, 0.1) is 0 Å². The van der Waals surface area contributed by atoms with Crippen LogP contribution < -0.4 is 10.1 Å². The van der Waals surface area contributed by atoms with E-state index in [4.69, 9.17) is 9.29 Å². The number of rotatable bonds is 11. The summed E-state index contributed by atoms with van der Waals surface area (Å²) in [4.78, 5) is 12.0. The summed E-state index contributed by atoms with van der Waals surface area (Å²) in [6.07, 6.45) is 0.743. The van der Waals surface area contributed by atoms with Crippen LogP contribution in [0, 0.1) is 13.8 Å². The van der Waals surface area contributed by atoms with E-state index in [9.17, 15) is 14.1 Å². The standard InChI is InChI=1S/C23H32N2O6S/c1-15(2)20-12-18(6-7-22(20)26)13-21-16(3)10-19(11-17(21)4)30-14-23(27)24-8-9-25(5)31-32(28)29/h6-7,10-12,15,26H,8-9,13-14H2,1-5H3,(H,24,27)(H,28,29). The predicted molar refractivity (Wildman–Crippen MR) is 124 cm³/mol. The molecule has 1 unspecified atom stereocenters. The number of aryl methyl sites for hydroxylation is 2. The van der Waals surface area contributed by atoms with Gasteiger partial charge in [-0.25, -0.2) is 0 Å². The van der Waals surface area contributed by atoms with Gasteiger partial charge in [0.2, 0.25) is 0 Å². The highest BCUT2D eigenvalue weighted by molar-refractivity contribution is 7.74. The van der Waals surface area contributed by atoms with Gasteiger partial charge in [0.15, 0.2) is 6.61 Å². The van der Waals surface area contributed by atoms with Crippen molar-refractivity contribution < 1.29 is 27.7 Å². The largest absolute Gasteiger partial charge is 0.508 e. The summed E-state index contributed by atoms with van der Waals surface area (Å²) in [6, 6.07) is 9.57. The topological polar surface area (TPSA) is 108 Å². The second kappa shape index (κ2) is 12.0. The minimum Gasteiger partial charge on any atom is -0.508 e. The predicted octanol–water partition coefficient (Wildman–Crippen LogP) is 3.22. The van der Waals surface area contributed by atoms with Crippen LogP contribution in [0.2, 0.25) is 0 Å². The Hall–Kier alpha value is -2.46. The molecule has 3 N–H and O–H groups in total. The van der Waals surface area contributed by atoms with Gasteiger partial charge in [-0.15, -0.1) is 0 Å². The summed E-state index contributed by atoms with van der Waals surface area (Å²) in [5, 5.41) is 13.9. The van der Waals surface area contributed by atoms with Crippen LogP contribution in [0.25, 0.3) is 0 Å². The summed E-state index contributed by atoms with van der Waals surface area (Å²) in [6.45, 7) is 8.50. The molecule has 0 saturated heterocycles. The number of phenolic OH excluding ortho intramolecular Hbond substituents is 1. The van der Waals surface area contributed by atoms with Crippen LogP contribution in [-0.2, 0) is 26.9 Å². The number of hydrogen-bond donors (Lipinski definition) is 3. The zero-order chi connectivity index (χ0) is 23.8. The second-order valence-corrected chi connectivity index (χ2v) is 8.63. The Morgan fingerprint density at radius 2 is 1.84 bits per heavy atom. The van der Waals surface area contributed by atoms with Gasteiger partial charge in [0.1, 0.15) is 11.5 Å². The lowest BCUT2D eigenvalue weighted by Gasteiger charge is -2.16. The Morgan fingerprint density at radius 1 is 1.19 bits per heavy atom. The molecule has 2 aromatic rings. The lowest BCUT2D eigenvalue weighted by atomic mass is 9.93. The molecule has 0 aliphatic rings. The second-order valence-electron chi connectivity index (χ2n) is 8.04. The number of nitrogens with zero attached hydrogens (tertiary/aromatic N) is 1. The van der Waals surface area contributed by atoms with Gasteiger partial charge in [-0.1, -0.05) is 26.0 Å². The average molecular weight is 465 g/mol. The summed E-state index contributed by atoms with van der Waals surface area (Å²) in [5.74, 6) is 0.879. The van der Waals surface area contributed by atoms with Crippen molar-refractivity contribution in [1.29, 1.82) is 0 Å². The zero-order valence-electron chi connectivity index (χ0n) is 19.2. The molecule has 1 atom stereocenters. The fourth-order valence-corrected chi connectivity index (χ4v) is 3.69. The fraction of sp³-hybridized carbons (Fsp3) is 0.435. The Kier molecular flexibility index (Phi) is 9.64. The Balaban J connectivity index is 1.94. The molecule has 0 spiro atoms. The van der Waals surface area contributed by atoms with Crippen LogP contribution in [0.4, 0.5) is 0 Å². The lowest BCUT2D eigenvalue weighted by Crippen LogP contribution is -2.35. The highest BCUT2D eigenvalue weighted by atomic mass is 32.2. The molecule has 2 aromatic carbocycles. The number of likely N-dealkylation sites (N-methyl/N-ethyl adjacent to an activating group) is 1. The molecule has 0 aromatic heterocycles. The van der Waals surface area contributed by atoms with E-state index in [1.165, 1.54) is 17.7 Å². The van der Waals surface area contributed by atoms with E-state index in [0.717, 1.165) is 28.7 Å². The molecular formula is C23H32N2O6S. The van der Waals surface area contributed by atoms with Gasteiger partial charge in [-0.2, -0.15) is 13.6 Å². The van der Waals surface area contributed by atoms with Crippen LogP contribution in [-0.4, -0.2) is 51.6 Å². The molecule has 0 radical (unpaired) electrons. The van der Waals surface area contributed by atoms with Crippen molar-refractivity contribution in [2.45, 2.75) is 40.0 Å². The molecule has 0 fully saturated rings. The molecule has 0 aliphatic heterocycles. The summed E-state index contributed by atoms with van der Waals surface area (Å²) in [5.41, 5.74) is 5.38. The van der Waals surface area contributed by atoms with Crippen molar-refractivity contribution in [1.82, 2.24) is 10.4 Å². The first-order valence-corrected chi connectivity index (χ1v) is 11.4. The molecule has 8 nitrogen and oxygen atoms in total. The first-order chi connectivity index (χ1) is 15.1. The van der Waals surface area contributed by atoms with Crippen LogP contribution in [0.3, 0.4) is 0 Å². The maximum atomic E-state index is 12.0. The van der Waals surface area contributed by atoms with Gasteiger partial charge in [0.25, 0.3) is 5.91 Å². The first kappa shape index (κ1) is 25.8. The average Bonchev–Trinajstić information content (AvgIpc) is 2.69. The van der Waals surface area contributed by atoms with Crippen molar-refractivity contribution in [3.05, 3.63) is 58.1 Å². The maximum absolute atomic E-state index is 12.0. The number of carbonyl (C=O) groups excluding carboxylic acids is 1. The van der Waals surface area contributed by atoms with Crippen LogP contribution in [0.15, 0.2) is 30.3 Å². The zero-order valence-corrected chi connectivity index (χ0v) is 20.0. The van der Waals surface area contributed by atoms with E-state index >= 15 is 0 Å². The minimum absolute atomic E-state index is 0.134. The van der Waals surface area contributed by atoms with Crippen LogP contribution in [0.1, 0.15) is 47.6 Å². The molecule has 0 heterocycles. The Morgan fingerprint density at radius 3 is 2.44 bits per heavy atom. The Labute approximate surface area is 192 Å². The van der Waals surface area contributed by atoms with E-state index in [2.05, 4.69) is 23.4 Å². The quantitative estimate of drug-likeness (QED) is 0.346. The van der Waals surface area contributed by atoms with Gasteiger partial charge in [-0.3, -0.25) is 9.35 Å². The number of hydroxylamine groups is 2. The molecule has 1 amide bonds. The van der Waals surface area contributed by atoms with E-state index in [-0.39, 0.29) is 31.5 Å². The van der Waals surface area contributed by atoms with E-state index < -0.39 is 11.4 Å². The van der Waals surface area contributed by atoms with Crippen molar-refractivity contribution in [3.8, 4) is 11.5 Å². The molecule has 0 aliphatic carbocycles. The third-order valence-electron chi connectivity index (χ3n) is 5.07. The minimum atomic E-state index is -2.39. The van der Waals surface area contributed by atoms with Crippen molar-refractivity contribution in [2.75, 3.05) is 26.7 Å². The number of nitrogens with one attached hydrogen (secondary N) is 1. The highest BCUT2D eigenvalue weighted by Crippen LogP contribution is 2.29. The molecule has 32 heavy (non-hydrogen) atoms. The van der Waals surface area contributed by atoms with Gasteiger partial charge < -0.3 is 15.2 Å².